The van der Waals surface area contributed by atoms with Crippen LogP contribution in [0.4, 0.5) is 5.69 Å². The topological polar surface area (TPSA) is 85.2 Å². The Balaban J connectivity index is 1.66. The predicted molar refractivity (Wildman–Crippen MR) is 79.7 cm³/mol. The fraction of sp³-hybridized carbons (Fsp3) is 0.267. The van der Waals surface area contributed by atoms with Crippen molar-refractivity contribution in [2.45, 2.75) is 19.5 Å². The first-order valence-electron chi connectivity index (χ1n) is 6.95. The van der Waals surface area contributed by atoms with Gasteiger partial charge in [0.2, 0.25) is 0 Å². The summed E-state index contributed by atoms with van der Waals surface area (Å²) < 4.78 is 7.21. The van der Waals surface area contributed by atoms with E-state index in [1.807, 2.05) is 17.7 Å². The maximum Gasteiger partial charge on any atom is 0.262 e. The van der Waals surface area contributed by atoms with Gasteiger partial charge in [-0.1, -0.05) is 0 Å². The van der Waals surface area contributed by atoms with E-state index in [1.165, 1.54) is 0 Å². The molecule has 1 unspecified atom stereocenters. The standard InChI is InChI=1S/C15H16N4O3/c1-10(7-19-5-4-16-9-19)17-15(21)11-2-3-12-13(6-11)22-8-14(20)18-12/h2-6,9-10H,7-8H2,1H3,(H,17,21)(H,18,20). The summed E-state index contributed by atoms with van der Waals surface area (Å²) in [6, 6.07) is 4.92. The van der Waals surface area contributed by atoms with Crippen LogP contribution in [0.15, 0.2) is 36.9 Å². The Morgan fingerprint density at radius 2 is 2.41 bits per heavy atom. The van der Waals surface area contributed by atoms with Gasteiger partial charge in [0.15, 0.2) is 6.61 Å². The molecular formula is C15H16N4O3. The Labute approximate surface area is 127 Å². The van der Waals surface area contributed by atoms with E-state index >= 15 is 0 Å². The molecule has 7 nitrogen and oxygen atoms in total. The normalized spacial score (nSPS) is 14.5. The molecule has 114 valence electrons. The average molecular weight is 300 g/mol. The van der Waals surface area contributed by atoms with E-state index in [4.69, 9.17) is 4.74 Å². The highest BCUT2D eigenvalue weighted by Crippen LogP contribution is 2.28. The number of imidazole rings is 1. The van der Waals surface area contributed by atoms with Crippen molar-refractivity contribution in [3.63, 3.8) is 0 Å². The summed E-state index contributed by atoms with van der Waals surface area (Å²) in [6.45, 7) is 2.53. The van der Waals surface area contributed by atoms with Crippen LogP contribution >= 0.6 is 0 Å². The highest BCUT2D eigenvalue weighted by Gasteiger charge is 2.18. The van der Waals surface area contributed by atoms with E-state index in [1.54, 1.807) is 30.7 Å². The maximum absolute atomic E-state index is 12.3. The molecular weight excluding hydrogens is 284 g/mol. The number of ether oxygens (including phenoxy) is 1. The van der Waals surface area contributed by atoms with Crippen LogP contribution in [-0.4, -0.2) is 34.0 Å². The summed E-state index contributed by atoms with van der Waals surface area (Å²) in [5, 5.41) is 5.61. The quantitative estimate of drug-likeness (QED) is 0.883. The third-order valence-corrected chi connectivity index (χ3v) is 3.30. The van der Waals surface area contributed by atoms with Gasteiger partial charge >= 0.3 is 0 Å². The Morgan fingerprint density at radius 1 is 1.55 bits per heavy atom. The molecule has 22 heavy (non-hydrogen) atoms. The number of nitrogens with one attached hydrogen (secondary N) is 2. The van der Waals surface area contributed by atoms with Crippen molar-refractivity contribution in [2.24, 2.45) is 0 Å². The molecule has 0 spiro atoms. The average Bonchev–Trinajstić information content (AvgIpc) is 2.99. The molecule has 0 bridgehead atoms. The van der Waals surface area contributed by atoms with Crippen LogP contribution in [0, 0.1) is 0 Å². The number of amides is 2. The third-order valence-electron chi connectivity index (χ3n) is 3.30. The third kappa shape index (κ3) is 3.08. The van der Waals surface area contributed by atoms with E-state index in [9.17, 15) is 9.59 Å². The van der Waals surface area contributed by atoms with Crippen LogP contribution in [-0.2, 0) is 11.3 Å². The Bertz CT molecular complexity index is 697. The molecule has 0 fully saturated rings. The van der Waals surface area contributed by atoms with Crippen LogP contribution < -0.4 is 15.4 Å². The number of rotatable bonds is 4. The highest BCUT2D eigenvalue weighted by atomic mass is 16.5. The molecule has 0 saturated heterocycles. The van der Waals surface area contributed by atoms with Gasteiger partial charge in [0.05, 0.1) is 12.0 Å². The van der Waals surface area contributed by atoms with Gasteiger partial charge in [-0.15, -0.1) is 0 Å². The molecule has 2 amide bonds. The number of benzene rings is 1. The van der Waals surface area contributed by atoms with Crippen molar-refractivity contribution >= 4 is 17.5 Å². The number of hydrogen-bond donors (Lipinski definition) is 2. The van der Waals surface area contributed by atoms with Gasteiger partial charge in [-0.05, 0) is 25.1 Å². The number of anilines is 1. The molecule has 1 aromatic heterocycles. The fourth-order valence-electron chi connectivity index (χ4n) is 2.28. The second-order valence-corrected chi connectivity index (χ2v) is 5.18. The van der Waals surface area contributed by atoms with E-state index in [0.717, 1.165) is 0 Å². The summed E-state index contributed by atoms with van der Waals surface area (Å²) in [4.78, 5) is 27.4. The number of carbonyl (C=O) groups excluding carboxylic acids is 2. The molecule has 2 aromatic rings. The maximum atomic E-state index is 12.3. The lowest BCUT2D eigenvalue weighted by Crippen LogP contribution is -2.35. The van der Waals surface area contributed by atoms with Crippen LogP contribution in [0.3, 0.4) is 0 Å². The molecule has 0 aliphatic carbocycles. The monoisotopic (exact) mass is 300 g/mol. The van der Waals surface area contributed by atoms with E-state index in [2.05, 4.69) is 15.6 Å². The lowest BCUT2D eigenvalue weighted by Gasteiger charge is -2.19. The number of hydrogen-bond acceptors (Lipinski definition) is 4. The lowest BCUT2D eigenvalue weighted by molar-refractivity contribution is -0.118. The van der Waals surface area contributed by atoms with E-state index in [-0.39, 0.29) is 24.5 Å². The first-order valence-corrected chi connectivity index (χ1v) is 6.95. The lowest BCUT2D eigenvalue weighted by atomic mass is 10.1. The SMILES string of the molecule is CC(Cn1ccnc1)NC(=O)c1ccc2c(c1)OCC(=O)N2. The molecule has 2 N–H and O–H groups in total. The van der Waals surface area contributed by atoms with Gasteiger partial charge in [0.25, 0.3) is 11.8 Å². The van der Waals surface area contributed by atoms with E-state index < -0.39 is 0 Å². The molecule has 2 heterocycles. The predicted octanol–water partition coefficient (Wildman–Crippen LogP) is 1.03. The van der Waals surface area contributed by atoms with Gasteiger partial charge in [-0.25, -0.2) is 4.98 Å². The Morgan fingerprint density at radius 3 is 3.18 bits per heavy atom. The number of nitrogens with zero attached hydrogens (tertiary/aromatic N) is 2. The molecule has 1 aliphatic rings. The molecule has 0 radical (unpaired) electrons. The van der Waals surface area contributed by atoms with Gasteiger partial charge in [-0.3, -0.25) is 9.59 Å². The summed E-state index contributed by atoms with van der Waals surface area (Å²) in [5.74, 6) is 0.129. The van der Waals surface area contributed by atoms with Crippen LogP contribution in [0.25, 0.3) is 0 Å². The largest absolute Gasteiger partial charge is 0.482 e. The Hall–Kier alpha value is -2.83. The van der Waals surface area contributed by atoms with Crippen molar-refractivity contribution in [1.82, 2.24) is 14.9 Å². The molecule has 1 aliphatic heterocycles. The molecule has 1 aromatic carbocycles. The summed E-state index contributed by atoms with van der Waals surface area (Å²) >= 11 is 0. The number of fused-ring (bicyclic) bond motifs is 1. The minimum atomic E-state index is -0.196. The number of aromatic nitrogens is 2. The van der Waals surface area contributed by atoms with Crippen molar-refractivity contribution in [3.8, 4) is 5.75 Å². The van der Waals surface area contributed by atoms with Crippen LogP contribution in [0.5, 0.6) is 5.75 Å². The minimum absolute atomic E-state index is 0.0326. The number of carbonyl (C=O) groups is 2. The van der Waals surface area contributed by atoms with Gasteiger partial charge in [0, 0.05) is 30.5 Å². The van der Waals surface area contributed by atoms with Crippen molar-refractivity contribution in [1.29, 1.82) is 0 Å². The molecule has 1 atom stereocenters. The highest BCUT2D eigenvalue weighted by molar-refractivity contribution is 5.99. The second kappa shape index (κ2) is 5.88. The zero-order chi connectivity index (χ0) is 15.5. The van der Waals surface area contributed by atoms with Crippen molar-refractivity contribution < 1.29 is 14.3 Å². The molecule has 0 saturated carbocycles. The first-order chi connectivity index (χ1) is 10.6. The minimum Gasteiger partial charge on any atom is -0.482 e. The summed E-state index contributed by atoms with van der Waals surface area (Å²) in [7, 11) is 0. The van der Waals surface area contributed by atoms with Gasteiger partial charge in [-0.2, -0.15) is 0 Å². The zero-order valence-corrected chi connectivity index (χ0v) is 12.1. The first kappa shape index (κ1) is 14.1. The van der Waals surface area contributed by atoms with Crippen LogP contribution in [0.2, 0.25) is 0 Å². The van der Waals surface area contributed by atoms with Crippen molar-refractivity contribution in [2.75, 3.05) is 11.9 Å². The van der Waals surface area contributed by atoms with Gasteiger partial charge < -0.3 is 19.9 Å². The van der Waals surface area contributed by atoms with Crippen LogP contribution in [0.1, 0.15) is 17.3 Å². The Kier molecular flexibility index (Phi) is 3.78. The fourth-order valence-corrected chi connectivity index (χ4v) is 2.28. The molecule has 3 rings (SSSR count). The summed E-state index contributed by atoms with van der Waals surface area (Å²) in [5.41, 5.74) is 1.08. The second-order valence-electron chi connectivity index (χ2n) is 5.18. The summed E-state index contributed by atoms with van der Waals surface area (Å²) in [6.07, 6.45) is 5.25. The molecule has 7 heteroatoms. The van der Waals surface area contributed by atoms with E-state index in [0.29, 0.717) is 23.5 Å². The smallest absolute Gasteiger partial charge is 0.262 e. The zero-order valence-electron chi connectivity index (χ0n) is 12.1. The van der Waals surface area contributed by atoms with Crippen molar-refractivity contribution in [3.05, 3.63) is 42.5 Å². The van der Waals surface area contributed by atoms with Gasteiger partial charge in [0.1, 0.15) is 5.75 Å².